The van der Waals surface area contributed by atoms with Gasteiger partial charge in [0.2, 0.25) is 5.91 Å². The SMILES string of the molecule is Cc1ccc(S(=O)(=O)N(CC(=O)NC[C@H](C)c2ccccc2)c2ccccc2F)cc1. The summed E-state index contributed by atoms with van der Waals surface area (Å²) in [5.41, 5.74) is 1.78. The zero-order valence-electron chi connectivity index (χ0n) is 17.5. The van der Waals surface area contributed by atoms with Crippen molar-refractivity contribution in [2.45, 2.75) is 24.7 Å². The van der Waals surface area contributed by atoms with Crippen molar-refractivity contribution in [1.29, 1.82) is 0 Å². The van der Waals surface area contributed by atoms with E-state index < -0.39 is 28.3 Å². The molecular formula is C24H25FN2O3S. The summed E-state index contributed by atoms with van der Waals surface area (Å²) in [5, 5.41) is 2.77. The molecule has 0 fully saturated rings. The Kier molecular flexibility index (Phi) is 7.07. The van der Waals surface area contributed by atoms with Gasteiger partial charge in [0.05, 0.1) is 10.6 Å². The molecular weight excluding hydrogens is 415 g/mol. The molecule has 1 atom stereocenters. The van der Waals surface area contributed by atoms with Gasteiger partial charge in [0.25, 0.3) is 10.0 Å². The number of nitrogens with zero attached hydrogens (tertiary/aromatic N) is 1. The highest BCUT2D eigenvalue weighted by Crippen LogP contribution is 2.26. The lowest BCUT2D eigenvalue weighted by Crippen LogP contribution is -2.42. The summed E-state index contributed by atoms with van der Waals surface area (Å²) in [6.45, 7) is 3.61. The number of carbonyl (C=O) groups excluding carboxylic acids is 1. The molecule has 0 bridgehead atoms. The van der Waals surface area contributed by atoms with E-state index in [9.17, 15) is 17.6 Å². The van der Waals surface area contributed by atoms with Gasteiger partial charge in [0.1, 0.15) is 12.4 Å². The van der Waals surface area contributed by atoms with E-state index >= 15 is 0 Å². The molecule has 0 aliphatic carbocycles. The fourth-order valence-corrected chi connectivity index (χ4v) is 4.57. The molecule has 0 saturated carbocycles. The predicted octanol–water partition coefficient (Wildman–Crippen LogP) is 4.25. The minimum Gasteiger partial charge on any atom is -0.354 e. The highest BCUT2D eigenvalue weighted by molar-refractivity contribution is 7.92. The molecule has 0 aliphatic heterocycles. The molecule has 0 heterocycles. The average molecular weight is 441 g/mol. The topological polar surface area (TPSA) is 66.5 Å². The summed E-state index contributed by atoms with van der Waals surface area (Å²) in [4.78, 5) is 12.7. The van der Waals surface area contributed by atoms with Gasteiger partial charge in [-0.2, -0.15) is 0 Å². The summed E-state index contributed by atoms with van der Waals surface area (Å²) >= 11 is 0. The van der Waals surface area contributed by atoms with Gasteiger partial charge in [-0.05, 0) is 42.7 Å². The van der Waals surface area contributed by atoms with Gasteiger partial charge in [-0.15, -0.1) is 0 Å². The van der Waals surface area contributed by atoms with Crippen molar-refractivity contribution in [3.05, 3.63) is 95.8 Å². The molecule has 31 heavy (non-hydrogen) atoms. The van der Waals surface area contributed by atoms with Crippen LogP contribution in [0.3, 0.4) is 0 Å². The quantitative estimate of drug-likeness (QED) is 0.570. The van der Waals surface area contributed by atoms with Crippen molar-refractivity contribution in [1.82, 2.24) is 5.32 Å². The third-order valence-corrected chi connectivity index (χ3v) is 6.77. The Bertz CT molecular complexity index is 1130. The first kappa shape index (κ1) is 22.5. The maximum absolute atomic E-state index is 14.5. The Hall–Kier alpha value is -3.19. The van der Waals surface area contributed by atoms with Crippen LogP contribution in [0.5, 0.6) is 0 Å². The summed E-state index contributed by atoms with van der Waals surface area (Å²) < 4.78 is 41.9. The Morgan fingerprint density at radius 1 is 0.968 bits per heavy atom. The van der Waals surface area contributed by atoms with E-state index in [2.05, 4.69) is 5.32 Å². The Morgan fingerprint density at radius 2 is 1.58 bits per heavy atom. The highest BCUT2D eigenvalue weighted by Gasteiger charge is 2.29. The fraction of sp³-hybridized carbons (Fsp3) is 0.208. The van der Waals surface area contributed by atoms with Gasteiger partial charge in [-0.25, -0.2) is 12.8 Å². The van der Waals surface area contributed by atoms with E-state index in [4.69, 9.17) is 0 Å². The van der Waals surface area contributed by atoms with Crippen LogP contribution in [0.15, 0.2) is 83.8 Å². The monoisotopic (exact) mass is 440 g/mol. The number of sulfonamides is 1. The number of carbonyl (C=O) groups is 1. The molecule has 1 amide bonds. The largest absolute Gasteiger partial charge is 0.354 e. The second-order valence-corrected chi connectivity index (χ2v) is 9.25. The number of amides is 1. The van der Waals surface area contributed by atoms with E-state index in [-0.39, 0.29) is 16.5 Å². The summed E-state index contributed by atoms with van der Waals surface area (Å²) in [6.07, 6.45) is 0. The average Bonchev–Trinajstić information content (AvgIpc) is 2.77. The molecule has 0 unspecified atom stereocenters. The van der Waals surface area contributed by atoms with E-state index in [1.165, 1.54) is 36.4 Å². The van der Waals surface area contributed by atoms with E-state index in [1.807, 2.05) is 44.2 Å². The molecule has 1 N–H and O–H groups in total. The van der Waals surface area contributed by atoms with Crippen LogP contribution in [0.25, 0.3) is 0 Å². The number of aryl methyl sites for hydroxylation is 1. The Morgan fingerprint density at radius 3 is 2.23 bits per heavy atom. The molecule has 5 nitrogen and oxygen atoms in total. The molecule has 3 aromatic carbocycles. The van der Waals surface area contributed by atoms with Crippen LogP contribution in [-0.2, 0) is 14.8 Å². The predicted molar refractivity (Wildman–Crippen MR) is 120 cm³/mol. The highest BCUT2D eigenvalue weighted by atomic mass is 32.2. The van der Waals surface area contributed by atoms with Gasteiger partial charge < -0.3 is 5.32 Å². The van der Waals surface area contributed by atoms with Gasteiger partial charge >= 0.3 is 0 Å². The maximum atomic E-state index is 14.5. The van der Waals surface area contributed by atoms with E-state index in [0.717, 1.165) is 15.4 Å². The number of benzene rings is 3. The van der Waals surface area contributed by atoms with E-state index in [1.54, 1.807) is 12.1 Å². The number of hydrogen-bond acceptors (Lipinski definition) is 3. The number of nitrogens with one attached hydrogen (secondary N) is 1. The zero-order chi connectivity index (χ0) is 22.4. The lowest BCUT2D eigenvalue weighted by Gasteiger charge is -2.25. The van der Waals surface area contributed by atoms with Gasteiger partial charge in [0.15, 0.2) is 0 Å². The summed E-state index contributed by atoms with van der Waals surface area (Å²) in [6, 6.07) is 21.4. The molecule has 0 radical (unpaired) electrons. The van der Waals surface area contributed by atoms with Crippen LogP contribution in [0.2, 0.25) is 0 Å². The first-order chi connectivity index (χ1) is 14.8. The van der Waals surface area contributed by atoms with Crippen LogP contribution < -0.4 is 9.62 Å². The van der Waals surface area contributed by atoms with Crippen LogP contribution in [0.4, 0.5) is 10.1 Å². The maximum Gasteiger partial charge on any atom is 0.264 e. The molecule has 3 aromatic rings. The lowest BCUT2D eigenvalue weighted by atomic mass is 10.0. The number of anilines is 1. The number of para-hydroxylation sites is 1. The Balaban J connectivity index is 1.83. The third-order valence-electron chi connectivity index (χ3n) is 4.99. The van der Waals surface area contributed by atoms with Crippen LogP contribution in [0, 0.1) is 12.7 Å². The minimum absolute atomic E-state index is 0.00759. The Labute approximate surface area is 182 Å². The minimum atomic E-state index is -4.15. The van der Waals surface area contributed by atoms with Crippen molar-refractivity contribution in [2.24, 2.45) is 0 Å². The molecule has 0 aliphatic rings. The van der Waals surface area contributed by atoms with Gasteiger partial charge in [-0.1, -0.05) is 67.1 Å². The van der Waals surface area contributed by atoms with Crippen molar-refractivity contribution >= 4 is 21.6 Å². The van der Waals surface area contributed by atoms with Crippen LogP contribution >= 0.6 is 0 Å². The number of rotatable bonds is 8. The second-order valence-electron chi connectivity index (χ2n) is 7.39. The summed E-state index contributed by atoms with van der Waals surface area (Å²) in [7, 11) is -4.15. The fourth-order valence-electron chi connectivity index (χ4n) is 3.14. The third kappa shape index (κ3) is 5.49. The molecule has 0 saturated heterocycles. The molecule has 0 aromatic heterocycles. The molecule has 0 spiro atoms. The van der Waals surface area contributed by atoms with Crippen molar-refractivity contribution in [3.8, 4) is 0 Å². The van der Waals surface area contributed by atoms with Gasteiger partial charge in [0, 0.05) is 6.54 Å². The van der Waals surface area contributed by atoms with Crippen LogP contribution in [0.1, 0.15) is 24.0 Å². The first-order valence-corrected chi connectivity index (χ1v) is 11.4. The number of halogens is 1. The molecule has 7 heteroatoms. The molecule has 162 valence electrons. The molecule has 3 rings (SSSR count). The van der Waals surface area contributed by atoms with Crippen molar-refractivity contribution in [3.63, 3.8) is 0 Å². The normalized spacial score (nSPS) is 12.2. The van der Waals surface area contributed by atoms with E-state index in [0.29, 0.717) is 6.54 Å². The van der Waals surface area contributed by atoms with Crippen LogP contribution in [-0.4, -0.2) is 27.4 Å². The standard InChI is InChI=1S/C24H25FN2O3S/c1-18-12-14-21(15-13-18)31(29,30)27(23-11-7-6-10-22(23)25)17-24(28)26-16-19(2)20-8-4-3-5-9-20/h3-15,19H,16-17H2,1-2H3,(H,26,28)/t19-/m0/s1. The smallest absolute Gasteiger partial charge is 0.264 e. The number of hydrogen-bond donors (Lipinski definition) is 1. The van der Waals surface area contributed by atoms with Gasteiger partial charge in [-0.3, -0.25) is 9.10 Å². The summed E-state index contributed by atoms with van der Waals surface area (Å²) in [5.74, 6) is -1.19. The first-order valence-electron chi connectivity index (χ1n) is 9.94. The second kappa shape index (κ2) is 9.75. The van der Waals surface area contributed by atoms with Crippen molar-refractivity contribution < 1.29 is 17.6 Å². The zero-order valence-corrected chi connectivity index (χ0v) is 18.3. The lowest BCUT2D eigenvalue weighted by molar-refractivity contribution is -0.119. The van der Waals surface area contributed by atoms with Crippen molar-refractivity contribution in [2.75, 3.05) is 17.4 Å².